The minimum absolute atomic E-state index is 0.125. The van der Waals surface area contributed by atoms with E-state index in [1.165, 1.54) is 5.39 Å². The Balaban J connectivity index is 1.93. The average molecular weight is 303 g/mol. The van der Waals surface area contributed by atoms with Crippen molar-refractivity contribution in [1.82, 2.24) is 0 Å². The second kappa shape index (κ2) is 6.66. The van der Waals surface area contributed by atoms with Gasteiger partial charge in [0.05, 0.1) is 6.42 Å². The molecule has 0 atom stereocenters. The van der Waals surface area contributed by atoms with Gasteiger partial charge in [-0.25, -0.2) is 0 Å². The molecule has 2 nitrogen and oxygen atoms in total. The van der Waals surface area contributed by atoms with E-state index in [1.54, 1.807) is 0 Å². The van der Waals surface area contributed by atoms with E-state index in [2.05, 4.69) is 18.2 Å². The molecule has 3 aromatic carbocycles. The lowest BCUT2D eigenvalue weighted by molar-refractivity contribution is -0.118. The number of rotatable bonds is 4. The topological polar surface area (TPSA) is 20.3 Å². The predicted octanol–water partition coefficient (Wildman–Crippen LogP) is 4.82. The summed E-state index contributed by atoms with van der Waals surface area (Å²) in [6.07, 6.45) is 0.411. The molecule has 1 amide bonds. The molecule has 0 bridgehead atoms. The first-order chi connectivity index (χ1) is 11.2. The lowest BCUT2D eigenvalue weighted by atomic mass is 10.0. The van der Waals surface area contributed by atoms with Crippen molar-refractivity contribution in [3.05, 3.63) is 78.4 Å². The molecule has 3 aromatic rings. The molecule has 0 aliphatic rings. The van der Waals surface area contributed by atoms with Crippen LogP contribution in [0.25, 0.3) is 10.8 Å². The Kier molecular flexibility index (Phi) is 4.42. The average Bonchev–Trinajstić information content (AvgIpc) is 2.56. The number of anilines is 1. The van der Waals surface area contributed by atoms with E-state index in [9.17, 15) is 4.79 Å². The van der Waals surface area contributed by atoms with Crippen LogP contribution in [-0.2, 0) is 11.2 Å². The molecular formula is C21H21NO. The molecule has 3 rings (SSSR count). The molecule has 0 saturated heterocycles. The first-order valence-electron chi connectivity index (χ1n) is 8.00. The summed E-state index contributed by atoms with van der Waals surface area (Å²) in [4.78, 5) is 14.8. The van der Waals surface area contributed by atoms with Gasteiger partial charge in [0.25, 0.3) is 0 Å². The SMILES string of the molecule is CC(C)N(C(=O)Cc1cccc2ccccc12)c1ccccc1. The fourth-order valence-corrected chi connectivity index (χ4v) is 3.01. The monoisotopic (exact) mass is 303 g/mol. The normalized spacial score (nSPS) is 10.9. The van der Waals surface area contributed by atoms with E-state index >= 15 is 0 Å². The van der Waals surface area contributed by atoms with Gasteiger partial charge in [-0.1, -0.05) is 60.7 Å². The van der Waals surface area contributed by atoms with Gasteiger partial charge in [0.15, 0.2) is 0 Å². The Bertz CT molecular complexity index is 803. The van der Waals surface area contributed by atoms with Crippen molar-refractivity contribution in [2.24, 2.45) is 0 Å². The van der Waals surface area contributed by atoms with E-state index in [4.69, 9.17) is 0 Å². The summed E-state index contributed by atoms with van der Waals surface area (Å²) in [5.74, 6) is 0.127. The second-order valence-electron chi connectivity index (χ2n) is 6.01. The molecule has 0 aliphatic carbocycles. The lowest BCUT2D eigenvalue weighted by Gasteiger charge is -2.27. The molecule has 0 fully saturated rings. The lowest BCUT2D eigenvalue weighted by Crippen LogP contribution is -2.38. The summed E-state index contributed by atoms with van der Waals surface area (Å²) in [5.41, 5.74) is 2.03. The van der Waals surface area contributed by atoms with Crippen LogP contribution in [0.5, 0.6) is 0 Å². The first-order valence-corrected chi connectivity index (χ1v) is 8.00. The number of benzene rings is 3. The number of fused-ring (bicyclic) bond motifs is 1. The van der Waals surface area contributed by atoms with Gasteiger partial charge in [0.2, 0.25) is 5.91 Å². The van der Waals surface area contributed by atoms with Gasteiger partial charge in [-0.05, 0) is 42.3 Å². The number of hydrogen-bond donors (Lipinski definition) is 0. The van der Waals surface area contributed by atoms with Crippen molar-refractivity contribution in [2.45, 2.75) is 26.3 Å². The zero-order valence-corrected chi connectivity index (χ0v) is 13.6. The molecule has 0 saturated carbocycles. The fraction of sp³-hybridized carbons (Fsp3) is 0.190. The smallest absolute Gasteiger partial charge is 0.231 e. The van der Waals surface area contributed by atoms with E-state index in [0.29, 0.717) is 6.42 Å². The van der Waals surface area contributed by atoms with Gasteiger partial charge in [0.1, 0.15) is 0 Å². The van der Waals surface area contributed by atoms with Gasteiger partial charge < -0.3 is 4.90 Å². The van der Waals surface area contributed by atoms with Crippen LogP contribution < -0.4 is 4.90 Å². The molecule has 0 radical (unpaired) electrons. The zero-order valence-electron chi connectivity index (χ0n) is 13.6. The first kappa shape index (κ1) is 15.3. The largest absolute Gasteiger partial charge is 0.310 e. The summed E-state index contributed by atoms with van der Waals surface area (Å²) >= 11 is 0. The van der Waals surface area contributed by atoms with Crippen molar-refractivity contribution in [1.29, 1.82) is 0 Å². The summed E-state index contributed by atoms with van der Waals surface area (Å²) in [6.45, 7) is 4.10. The van der Waals surface area contributed by atoms with E-state index in [-0.39, 0.29) is 11.9 Å². The van der Waals surface area contributed by atoms with Crippen LogP contribution in [0, 0.1) is 0 Å². The summed E-state index contributed by atoms with van der Waals surface area (Å²) in [5, 5.41) is 2.33. The molecule has 23 heavy (non-hydrogen) atoms. The minimum atomic E-state index is 0.125. The Labute approximate surface area is 137 Å². The van der Waals surface area contributed by atoms with Gasteiger partial charge in [0, 0.05) is 11.7 Å². The predicted molar refractivity (Wildman–Crippen MR) is 96.7 cm³/mol. The van der Waals surface area contributed by atoms with Gasteiger partial charge in [-0.2, -0.15) is 0 Å². The second-order valence-corrected chi connectivity index (χ2v) is 6.01. The van der Waals surface area contributed by atoms with Crippen molar-refractivity contribution in [2.75, 3.05) is 4.90 Å². The third-order valence-corrected chi connectivity index (χ3v) is 4.04. The minimum Gasteiger partial charge on any atom is -0.310 e. The Morgan fingerprint density at radius 1 is 0.870 bits per heavy atom. The van der Waals surface area contributed by atoms with Crippen LogP contribution in [0.3, 0.4) is 0 Å². The van der Waals surface area contributed by atoms with Crippen LogP contribution in [0.1, 0.15) is 19.4 Å². The molecule has 2 heteroatoms. The molecule has 0 spiro atoms. The maximum atomic E-state index is 12.9. The number of nitrogens with zero attached hydrogens (tertiary/aromatic N) is 1. The van der Waals surface area contributed by atoms with E-state index < -0.39 is 0 Å². The molecule has 0 heterocycles. The molecule has 116 valence electrons. The quantitative estimate of drug-likeness (QED) is 0.676. The van der Waals surface area contributed by atoms with Gasteiger partial charge >= 0.3 is 0 Å². The van der Waals surface area contributed by atoms with Gasteiger partial charge in [-0.3, -0.25) is 4.79 Å². The Morgan fingerprint density at radius 2 is 1.52 bits per heavy atom. The van der Waals surface area contributed by atoms with E-state index in [1.807, 2.05) is 73.3 Å². The molecular weight excluding hydrogens is 282 g/mol. The number of carbonyl (C=O) groups is 1. The van der Waals surface area contributed by atoms with Crippen molar-refractivity contribution in [3.8, 4) is 0 Å². The molecule has 0 aromatic heterocycles. The fourth-order valence-electron chi connectivity index (χ4n) is 3.01. The Morgan fingerprint density at radius 3 is 2.26 bits per heavy atom. The van der Waals surface area contributed by atoms with Crippen LogP contribution in [0.4, 0.5) is 5.69 Å². The van der Waals surface area contributed by atoms with Crippen LogP contribution >= 0.6 is 0 Å². The van der Waals surface area contributed by atoms with Gasteiger partial charge in [-0.15, -0.1) is 0 Å². The van der Waals surface area contributed by atoms with E-state index in [0.717, 1.165) is 16.6 Å². The molecule has 0 aliphatic heterocycles. The molecule has 0 N–H and O–H groups in total. The number of hydrogen-bond acceptors (Lipinski definition) is 1. The maximum Gasteiger partial charge on any atom is 0.231 e. The molecule has 0 unspecified atom stereocenters. The highest BCUT2D eigenvalue weighted by Crippen LogP contribution is 2.22. The van der Waals surface area contributed by atoms with Crippen LogP contribution in [0.2, 0.25) is 0 Å². The highest BCUT2D eigenvalue weighted by molar-refractivity contribution is 5.98. The van der Waals surface area contributed by atoms with Crippen molar-refractivity contribution in [3.63, 3.8) is 0 Å². The third-order valence-electron chi connectivity index (χ3n) is 4.04. The highest BCUT2D eigenvalue weighted by atomic mass is 16.2. The number of para-hydroxylation sites is 1. The van der Waals surface area contributed by atoms with Crippen LogP contribution in [-0.4, -0.2) is 11.9 Å². The number of amides is 1. The summed E-state index contributed by atoms with van der Waals surface area (Å²) < 4.78 is 0. The highest BCUT2D eigenvalue weighted by Gasteiger charge is 2.19. The Hall–Kier alpha value is -2.61. The van der Waals surface area contributed by atoms with Crippen molar-refractivity contribution < 1.29 is 4.79 Å². The standard InChI is InChI=1S/C21H21NO/c1-16(2)22(19-12-4-3-5-13-19)21(23)15-18-11-8-10-17-9-6-7-14-20(17)18/h3-14,16H,15H2,1-2H3. The van der Waals surface area contributed by atoms with Crippen LogP contribution in [0.15, 0.2) is 72.8 Å². The summed E-state index contributed by atoms with van der Waals surface area (Å²) in [7, 11) is 0. The maximum absolute atomic E-state index is 12.9. The number of carbonyl (C=O) groups excluding carboxylic acids is 1. The third kappa shape index (κ3) is 3.26. The summed E-state index contributed by atoms with van der Waals surface area (Å²) in [6, 6.07) is 24.4. The van der Waals surface area contributed by atoms with Crippen molar-refractivity contribution >= 4 is 22.4 Å². The zero-order chi connectivity index (χ0) is 16.2.